The highest BCUT2D eigenvalue weighted by atomic mass is 15.1. The second-order valence-electron chi connectivity index (χ2n) is 13.2. The van der Waals surface area contributed by atoms with E-state index in [-0.39, 0.29) is 0 Å². The fourth-order valence-electron chi connectivity index (χ4n) is 8.21. The molecule has 0 N–H and O–H groups in total. The number of rotatable bonds is 6. The molecule has 0 aliphatic heterocycles. The van der Waals surface area contributed by atoms with E-state index in [1.807, 2.05) is 36.4 Å². The molecule has 4 nitrogen and oxygen atoms in total. The Labute approximate surface area is 302 Å². The summed E-state index contributed by atoms with van der Waals surface area (Å²) in [4.78, 5) is 15.5. The van der Waals surface area contributed by atoms with Crippen molar-refractivity contribution in [3.8, 4) is 51.1 Å². The van der Waals surface area contributed by atoms with Gasteiger partial charge < -0.3 is 4.57 Å². The molecule has 1 aliphatic carbocycles. The Kier molecular flexibility index (Phi) is 7.00. The number of para-hydroxylation sites is 2. The molecule has 0 amide bonds. The molecule has 0 spiro atoms. The van der Waals surface area contributed by atoms with E-state index in [0.29, 0.717) is 17.5 Å². The van der Waals surface area contributed by atoms with Crippen molar-refractivity contribution in [2.24, 2.45) is 0 Å². The topological polar surface area (TPSA) is 43.6 Å². The Balaban J connectivity index is 1.37. The maximum atomic E-state index is 5.23. The van der Waals surface area contributed by atoms with Crippen molar-refractivity contribution < 1.29 is 0 Å². The molecular formula is C48H32N4. The van der Waals surface area contributed by atoms with E-state index in [0.717, 1.165) is 33.3 Å². The van der Waals surface area contributed by atoms with Crippen LogP contribution in [0.3, 0.4) is 0 Å². The van der Waals surface area contributed by atoms with E-state index in [9.17, 15) is 0 Å². The van der Waals surface area contributed by atoms with Gasteiger partial charge in [0.1, 0.15) is 0 Å². The average Bonchev–Trinajstić information content (AvgIpc) is 3.74. The first kappa shape index (κ1) is 30.0. The maximum absolute atomic E-state index is 5.23. The second kappa shape index (κ2) is 12.1. The van der Waals surface area contributed by atoms with Gasteiger partial charge in [-0.2, -0.15) is 0 Å². The van der Waals surface area contributed by atoms with Crippen molar-refractivity contribution in [3.63, 3.8) is 0 Å². The van der Waals surface area contributed by atoms with Gasteiger partial charge in [0.15, 0.2) is 17.5 Å². The zero-order chi connectivity index (χ0) is 34.5. The molecule has 52 heavy (non-hydrogen) atoms. The van der Waals surface area contributed by atoms with Gasteiger partial charge in [0.05, 0.1) is 16.6 Å². The molecule has 9 aromatic rings. The molecule has 0 bridgehead atoms. The summed E-state index contributed by atoms with van der Waals surface area (Å²) >= 11 is 0. The third kappa shape index (κ3) is 4.51. The number of aromatic nitrogens is 4. The minimum Gasteiger partial charge on any atom is -0.308 e. The van der Waals surface area contributed by atoms with Crippen LogP contribution in [0.5, 0.6) is 0 Å². The van der Waals surface area contributed by atoms with Crippen molar-refractivity contribution >= 4 is 10.9 Å². The van der Waals surface area contributed by atoms with Gasteiger partial charge in [-0.1, -0.05) is 176 Å². The zero-order valence-electron chi connectivity index (χ0n) is 28.3. The van der Waals surface area contributed by atoms with Crippen LogP contribution in [-0.4, -0.2) is 19.5 Å². The number of hydrogen-bond acceptors (Lipinski definition) is 3. The lowest BCUT2D eigenvalue weighted by molar-refractivity contribution is 0.775. The summed E-state index contributed by atoms with van der Waals surface area (Å²) in [6.45, 7) is 0. The second-order valence-corrected chi connectivity index (χ2v) is 13.2. The van der Waals surface area contributed by atoms with Crippen LogP contribution in [-0.2, 0) is 5.41 Å². The summed E-state index contributed by atoms with van der Waals surface area (Å²) in [6.07, 6.45) is 0. The quantitative estimate of drug-likeness (QED) is 0.178. The highest BCUT2D eigenvalue weighted by Crippen LogP contribution is 2.60. The van der Waals surface area contributed by atoms with Crippen LogP contribution in [0.2, 0.25) is 0 Å². The first-order chi connectivity index (χ1) is 25.8. The van der Waals surface area contributed by atoms with Crippen molar-refractivity contribution in [2.75, 3.05) is 0 Å². The summed E-state index contributed by atoms with van der Waals surface area (Å²) in [5.74, 6) is 1.91. The lowest BCUT2D eigenvalue weighted by Gasteiger charge is -2.33. The van der Waals surface area contributed by atoms with Crippen LogP contribution in [0.15, 0.2) is 194 Å². The molecule has 2 aromatic heterocycles. The van der Waals surface area contributed by atoms with Crippen molar-refractivity contribution in [3.05, 3.63) is 216 Å². The van der Waals surface area contributed by atoms with Crippen molar-refractivity contribution in [2.45, 2.75) is 5.41 Å². The van der Waals surface area contributed by atoms with Crippen LogP contribution in [0.1, 0.15) is 22.3 Å². The standard InChI is InChI=1S/C48H32N4/c1-6-19-33(20-7-1)45-49-46(34-21-8-2-9-22-34)51-47(50-45)40-31-18-30-39-42-44(52(43(39)40)37-27-14-5-15-28-37)38-29-16-17-32-41(38)48(42,35-23-10-3-11-24-35)36-25-12-4-13-26-36/h1-32H. The van der Waals surface area contributed by atoms with Gasteiger partial charge in [-0.05, 0) is 34.9 Å². The Morgan fingerprint density at radius 1 is 0.385 bits per heavy atom. The minimum absolute atomic E-state index is 0.575. The lowest BCUT2D eigenvalue weighted by Crippen LogP contribution is -2.28. The van der Waals surface area contributed by atoms with Gasteiger partial charge >= 0.3 is 0 Å². The molecule has 0 saturated carbocycles. The van der Waals surface area contributed by atoms with Gasteiger partial charge in [-0.3, -0.25) is 0 Å². The largest absolute Gasteiger partial charge is 0.308 e. The predicted molar refractivity (Wildman–Crippen MR) is 210 cm³/mol. The number of hydrogen-bond donors (Lipinski definition) is 0. The molecule has 0 atom stereocenters. The Hall–Kier alpha value is -6.91. The van der Waals surface area contributed by atoms with Crippen LogP contribution in [0.4, 0.5) is 0 Å². The van der Waals surface area contributed by atoms with E-state index in [1.165, 1.54) is 33.5 Å². The average molecular weight is 665 g/mol. The number of nitrogens with zero attached hydrogens (tertiary/aromatic N) is 4. The molecule has 0 unspecified atom stereocenters. The molecule has 0 saturated heterocycles. The van der Waals surface area contributed by atoms with Gasteiger partial charge in [0, 0.05) is 38.9 Å². The Bertz CT molecular complexity index is 2610. The molecule has 7 aromatic carbocycles. The first-order valence-corrected chi connectivity index (χ1v) is 17.6. The highest BCUT2D eigenvalue weighted by Gasteiger charge is 2.49. The third-order valence-corrected chi connectivity index (χ3v) is 10.3. The molecule has 1 aliphatic rings. The van der Waals surface area contributed by atoms with Crippen LogP contribution >= 0.6 is 0 Å². The molecule has 0 radical (unpaired) electrons. The highest BCUT2D eigenvalue weighted by molar-refractivity contribution is 6.06. The fourth-order valence-corrected chi connectivity index (χ4v) is 8.21. The molecule has 4 heteroatoms. The van der Waals surface area contributed by atoms with Gasteiger partial charge in [-0.25, -0.2) is 15.0 Å². The van der Waals surface area contributed by atoms with Crippen LogP contribution in [0, 0.1) is 0 Å². The molecule has 0 fully saturated rings. The van der Waals surface area contributed by atoms with Gasteiger partial charge in [0.2, 0.25) is 0 Å². The van der Waals surface area contributed by atoms with E-state index in [2.05, 4.69) is 162 Å². The third-order valence-electron chi connectivity index (χ3n) is 10.3. The molecule has 244 valence electrons. The van der Waals surface area contributed by atoms with Gasteiger partial charge in [-0.15, -0.1) is 0 Å². The zero-order valence-corrected chi connectivity index (χ0v) is 28.3. The van der Waals surface area contributed by atoms with Gasteiger partial charge in [0.25, 0.3) is 0 Å². The SMILES string of the molecule is c1ccc(-c2nc(-c3ccccc3)nc(-c3cccc4c5c(n(-c6ccccc6)c34)-c3ccccc3C5(c3ccccc3)c3ccccc3)n2)cc1. The van der Waals surface area contributed by atoms with Crippen molar-refractivity contribution in [1.29, 1.82) is 0 Å². The summed E-state index contributed by atoms with van der Waals surface area (Å²) in [7, 11) is 0. The maximum Gasteiger partial charge on any atom is 0.166 e. The lowest BCUT2D eigenvalue weighted by atomic mass is 9.67. The summed E-state index contributed by atoms with van der Waals surface area (Å²) in [5.41, 5.74) is 11.8. The summed E-state index contributed by atoms with van der Waals surface area (Å²) in [5, 5.41) is 1.16. The normalized spacial score (nSPS) is 12.8. The monoisotopic (exact) mass is 664 g/mol. The smallest absolute Gasteiger partial charge is 0.166 e. The minimum atomic E-state index is -0.575. The summed E-state index contributed by atoms with van der Waals surface area (Å²) < 4.78 is 2.45. The fraction of sp³-hybridized carbons (Fsp3) is 0.0208. The Morgan fingerprint density at radius 2 is 0.846 bits per heavy atom. The van der Waals surface area contributed by atoms with E-state index in [4.69, 9.17) is 15.0 Å². The first-order valence-electron chi connectivity index (χ1n) is 17.6. The van der Waals surface area contributed by atoms with E-state index in [1.54, 1.807) is 0 Å². The number of fused-ring (bicyclic) bond motifs is 5. The van der Waals surface area contributed by atoms with E-state index >= 15 is 0 Å². The van der Waals surface area contributed by atoms with Crippen LogP contribution < -0.4 is 0 Å². The Morgan fingerprint density at radius 3 is 1.42 bits per heavy atom. The molecular weight excluding hydrogens is 633 g/mol. The molecule has 2 heterocycles. The predicted octanol–water partition coefficient (Wildman–Crippen LogP) is 11.2. The number of benzene rings is 7. The van der Waals surface area contributed by atoms with E-state index < -0.39 is 5.41 Å². The summed E-state index contributed by atoms with van der Waals surface area (Å²) in [6, 6.07) is 68.5. The van der Waals surface area contributed by atoms with Crippen molar-refractivity contribution in [1.82, 2.24) is 19.5 Å². The van der Waals surface area contributed by atoms with Crippen LogP contribution in [0.25, 0.3) is 62.0 Å². The molecule has 10 rings (SSSR count).